The molecule has 1 fully saturated rings. The van der Waals surface area contributed by atoms with Gasteiger partial charge in [0.05, 0.1) is 8.07 Å². The molecule has 5 atom stereocenters. The Labute approximate surface area is 127 Å². The van der Waals surface area contributed by atoms with Gasteiger partial charge in [0.2, 0.25) is 0 Å². The topological polar surface area (TPSA) is 17.1 Å². The molecule has 1 saturated carbocycles. The molecule has 0 amide bonds. The summed E-state index contributed by atoms with van der Waals surface area (Å²) >= 11 is 0. The fourth-order valence-corrected chi connectivity index (χ4v) is 9.25. The number of hydrogen-bond donors (Lipinski definition) is 0. The molecule has 0 spiro atoms. The van der Waals surface area contributed by atoms with Crippen molar-refractivity contribution in [1.29, 1.82) is 0 Å². The summed E-state index contributed by atoms with van der Waals surface area (Å²) in [5.74, 6) is 2.32. The van der Waals surface area contributed by atoms with E-state index in [-0.39, 0.29) is 5.92 Å². The summed E-state index contributed by atoms with van der Waals surface area (Å²) in [4.78, 5) is 12.4. The highest BCUT2D eigenvalue weighted by Crippen LogP contribution is 2.61. The number of benzene rings is 1. The number of allylic oxidation sites excluding steroid dienone is 4. The zero-order chi connectivity index (χ0) is 14.6. The maximum atomic E-state index is 12.4. The Morgan fingerprint density at radius 1 is 1.05 bits per heavy atom. The van der Waals surface area contributed by atoms with Gasteiger partial charge in [-0.1, -0.05) is 66.8 Å². The molecule has 1 unspecified atom stereocenters. The largest absolute Gasteiger partial charge is 0.295 e. The molecule has 0 aliphatic heterocycles. The first-order valence-electron chi connectivity index (χ1n) is 8.05. The summed E-state index contributed by atoms with van der Waals surface area (Å²) in [6.45, 7) is 4.99. The van der Waals surface area contributed by atoms with Gasteiger partial charge in [0, 0.05) is 5.92 Å². The maximum Gasteiger partial charge on any atom is 0.159 e. The van der Waals surface area contributed by atoms with Crippen molar-refractivity contribution in [2.24, 2.45) is 23.7 Å². The quantitative estimate of drug-likeness (QED) is 0.602. The average Bonchev–Trinajstić information content (AvgIpc) is 3.06. The summed E-state index contributed by atoms with van der Waals surface area (Å²) < 4.78 is 0. The molecule has 4 rings (SSSR count). The highest BCUT2D eigenvalue weighted by Gasteiger charge is 2.58. The minimum atomic E-state index is -1.57. The summed E-state index contributed by atoms with van der Waals surface area (Å²) in [5.41, 5.74) is 0.693. The van der Waals surface area contributed by atoms with Crippen LogP contribution in [0.15, 0.2) is 54.6 Å². The Kier molecular flexibility index (Phi) is 2.87. The molecule has 0 N–H and O–H groups in total. The molecule has 0 aromatic heterocycles. The lowest BCUT2D eigenvalue weighted by atomic mass is 9.76. The zero-order valence-electron chi connectivity index (χ0n) is 12.7. The van der Waals surface area contributed by atoms with E-state index in [1.54, 1.807) is 0 Å². The second kappa shape index (κ2) is 4.54. The number of carbonyl (C=O) groups is 1. The molecular formula is C19H22OSi. The van der Waals surface area contributed by atoms with E-state index in [1.165, 1.54) is 5.19 Å². The van der Waals surface area contributed by atoms with Crippen LogP contribution in [0.1, 0.15) is 6.42 Å². The summed E-state index contributed by atoms with van der Waals surface area (Å²) in [6, 6.07) is 11.0. The lowest BCUT2D eigenvalue weighted by Crippen LogP contribution is -2.48. The van der Waals surface area contributed by atoms with Crippen LogP contribution in [0.4, 0.5) is 0 Å². The van der Waals surface area contributed by atoms with Crippen LogP contribution in [0, 0.1) is 23.7 Å². The molecule has 1 aromatic rings. The van der Waals surface area contributed by atoms with E-state index in [4.69, 9.17) is 0 Å². The van der Waals surface area contributed by atoms with Gasteiger partial charge in [-0.15, -0.1) is 0 Å². The van der Waals surface area contributed by atoms with Crippen molar-refractivity contribution in [3.63, 3.8) is 0 Å². The van der Waals surface area contributed by atoms with Crippen LogP contribution in [0.3, 0.4) is 0 Å². The molecule has 0 heterocycles. The second-order valence-electron chi connectivity index (χ2n) is 7.38. The first kappa shape index (κ1) is 13.3. The fourth-order valence-electron chi connectivity index (χ4n) is 5.21. The van der Waals surface area contributed by atoms with Gasteiger partial charge in [0.15, 0.2) is 5.78 Å². The standard InChI is InChI=1S/C19H22OSi/c1-21(2,13-7-4-3-5-8-13)19-15-11-12-16(19)18-14(15)9-6-10-17(18)20/h3-8,10-12,14-16,18-19H,9H2,1-2H3/t14-,15+,16-,18-,19?/m0/s1. The number of hydrogen-bond acceptors (Lipinski definition) is 1. The number of ketones is 1. The van der Waals surface area contributed by atoms with Crippen molar-refractivity contribution in [3.8, 4) is 0 Å². The molecule has 108 valence electrons. The molecule has 2 heteroatoms. The highest BCUT2D eigenvalue weighted by atomic mass is 28.3. The Balaban J connectivity index is 1.74. The van der Waals surface area contributed by atoms with Crippen molar-refractivity contribution in [2.75, 3.05) is 0 Å². The van der Waals surface area contributed by atoms with Crippen LogP contribution in [-0.4, -0.2) is 13.9 Å². The molecule has 0 radical (unpaired) electrons. The Morgan fingerprint density at radius 3 is 2.48 bits per heavy atom. The van der Waals surface area contributed by atoms with E-state index < -0.39 is 8.07 Å². The summed E-state index contributed by atoms with van der Waals surface area (Å²) in [5, 5.41) is 1.53. The normalized spacial score (nSPS) is 37.0. The average molecular weight is 294 g/mol. The van der Waals surface area contributed by atoms with E-state index in [0.29, 0.717) is 29.1 Å². The van der Waals surface area contributed by atoms with Gasteiger partial charge in [-0.3, -0.25) is 4.79 Å². The number of fused-ring (bicyclic) bond motifs is 5. The highest BCUT2D eigenvalue weighted by molar-refractivity contribution is 6.91. The second-order valence-corrected chi connectivity index (χ2v) is 12.1. The predicted molar refractivity (Wildman–Crippen MR) is 89.2 cm³/mol. The van der Waals surface area contributed by atoms with Crippen LogP contribution in [0.2, 0.25) is 18.6 Å². The molecular weight excluding hydrogens is 272 g/mol. The van der Waals surface area contributed by atoms with Crippen molar-refractivity contribution < 1.29 is 4.79 Å². The Hall–Kier alpha value is -1.41. The summed E-state index contributed by atoms with van der Waals surface area (Å²) in [6.07, 6.45) is 9.83. The van der Waals surface area contributed by atoms with Gasteiger partial charge in [0.1, 0.15) is 0 Å². The molecule has 2 bridgehead atoms. The van der Waals surface area contributed by atoms with E-state index in [2.05, 4.69) is 61.7 Å². The lowest BCUT2D eigenvalue weighted by Gasteiger charge is -2.34. The molecule has 0 saturated heterocycles. The number of carbonyl (C=O) groups excluding carboxylic acids is 1. The first-order valence-corrected chi connectivity index (χ1v) is 11.1. The first-order chi connectivity index (χ1) is 10.1. The van der Waals surface area contributed by atoms with Crippen LogP contribution in [0.25, 0.3) is 0 Å². The van der Waals surface area contributed by atoms with Crippen LogP contribution < -0.4 is 5.19 Å². The minimum Gasteiger partial charge on any atom is -0.295 e. The van der Waals surface area contributed by atoms with Gasteiger partial charge < -0.3 is 0 Å². The maximum absolute atomic E-state index is 12.4. The van der Waals surface area contributed by atoms with Crippen molar-refractivity contribution in [1.82, 2.24) is 0 Å². The van der Waals surface area contributed by atoms with Gasteiger partial charge in [-0.2, -0.15) is 0 Å². The third-order valence-corrected chi connectivity index (χ3v) is 10.4. The van der Waals surface area contributed by atoms with E-state index in [1.807, 2.05) is 6.08 Å². The summed E-state index contributed by atoms with van der Waals surface area (Å²) in [7, 11) is -1.57. The SMILES string of the molecule is C[Si](C)(c1ccccc1)C1[C@H]2C=C[C@@H]1[C@@H]1CC=CC(=O)[C@@H]12. The number of rotatable bonds is 2. The van der Waals surface area contributed by atoms with E-state index >= 15 is 0 Å². The fraction of sp³-hybridized carbons (Fsp3) is 0.421. The smallest absolute Gasteiger partial charge is 0.159 e. The van der Waals surface area contributed by atoms with Crippen LogP contribution >= 0.6 is 0 Å². The molecule has 21 heavy (non-hydrogen) atoms. The van der Waals surface area contributed by atoms with Crippen molar-refractivity contribution >= 4 is 19.0 Å². The van der Waals surface area contributed by atoms with Crippen molar-refractivity contribution in [2.45, 2.75) is 25.1 Å². The van der Waals surface area contributed by atoms with Gasteiger partial charge in [-0.25, -0.2) is 0 Å². The lowest BCUT2D eigenvalue weighted by molar-refractivity contribution is -0.120. The third kappa shape index (κ3) is 1.78. The van der Waals surface area contributed by atoms with E-state index in [0.717, 1.165) is 6.42 Å². The molecule has 3 aliphatic rings. The third-order valence-electron chi connectivity index (χ3n) is 6.13. The monoisotopic (exact) mass is 294 g/mol. The van der Waals surface area contributed by atoms with Crippen LogP contribution in [0.5, 0.6) is 0 Å². The van der Waals surface area contributed by atoms with Gasteiger partial charge in [-0.05, 0) is 35.8 Å². The molecule has 1 aromatic carbocycles. The zero-order valence-corrected chi connectivity index (χ0v) is 13.7. The van der Waals surface area contributed by atoms with Crippen molar-refractivity contribution in [3.05, 3.63) is 54.6 Å². The van der Waals surface area contributed by atoms with Gasteiger partial charge >= 0.3 is 0 Å². The Bertz CT molecular complexity index is 628. The predicted octanol–water partition coefficient (Wildman–Crippen LogP) is 3.55. The molecule has 3 aliphatic carbocycles. The van der Waals surface area contributed by atoms with E-state index in [9.17, 15) is 4.79 Å². The molecule has 1 nitrogen and oxygen atoms in total. The minimum absolute atomic E-state index is 0.269. The van der Waals surface area contributed by atoms with Crippen LogP contribution in [-0.2, 0) is 4.79 Å². The van der Waals surface area contributed by atoms with Gasteiger partial charge in [0.25, 0.3) is 0 Å². The Morgan fingerprint density at radius 2 is 1.76 bits per heavy atom.